The fraction of sp³-hybridized carbons (Fsp3) is 0.471. The Labute approximate surface area is 152 Å². The highest BCUT2D eigenvalue weighted by Crippen LogP contribution is 2.19. The summed E-state index contributed by atoms with van der Waals surface area (Å²) in [7, 11) is -3.57. The lowest BCUT2D eigenvalue weighted by atomic mass is 9.97. The molecule has 0 heterocycles. The molecule has 1 aromatic carbocycles. The van der Waals surface area contributed by atoms with E-state index >= 15 is 0 Å². The lowest BCUT2D eigenvalue weighted by molar-refractivity contribution is -0.120. The second-order valence-electron chi connectivity index (χ2n) is 5.81. The monoisotopic (exact) mass is 414 g/mol. The smallest absolute Gasteiger partial charge is 0.240 e. The Kier molecular flexibility index (Phi) is 7.45. The first-order valence-corrected chi connectivity index (χ1v) is 10.4. The number of allylic oxidation sites excluding steroid dienone is 1. The molecule has 0 unspecified atom stereocenters. The zero-order valence-electron chi connectivity index (χ0n) is 13.6. The van der Waals surface area contributed by atoms with Crippen LogP contribution in [0.4, 0.5) is 0 Å². The predicted molar refractivity (Wildman–Crippen MR) is 98.1 cm³/mol. The lowest BCUT2D eigenvalue weighted by Gasteiger charge is -2.13. The topological polar surface area (TPSA) is 75.3 Å². The van der Waals surface area contributed by atoms with Crippen LogP contribution in [0.2, 0.25) is 0 Å². The van der Waals surface area contributed by atoms with Gasteiger partial charge < -0.3 is 5.32 Å². The van der Waals surface area contributed by atoms with Gasteiger partial charge in [0.05, 0.1) is 4.90 Å². The van der Waals surface area contributed by atoms with Gasteiger partial charge in [-0.25, -0.2) is 13.1 Å². The van der Waals surface area contributed by atoms with Gasteiger partial charge in [0, 0.05) is 24.0 Å². The van der Waals surface area contributed by atoms with Gasteiger partial charge in [0.1, 0.15) is 0 Å². The third-order valence-corrected chi connectivity index (χ3v) is 5.93. The lowest BCUT2D eigenvalue weighted by Crippen LogP contribution is -2.31. The molecule has 0 aliphatic heterocycles. The molecule has 2 rings (SSSR count). The van der Waals surface area contributed by atoms with Crippen molar-refractivity contribution in [1.29, 1.82) is 0 Å². The van der Waals surface area contributed by atoms with Crippen molar-refractivity contribution < 1.29 is 13.2 Å². The van der Waals surface area contributed by atoms with Crippen LogP contribution in [0.25, 0.3) is 0 Å². The summed E-state index contributed by atoms with van der Waals surface area (Å²) in [6, 6.07) is 6.37. The van der Waals surface area contributed by atoms with Gasteiger partial charge in [-0.15, -0.1) is 0 Å². The first kappa shape index (κ1) is 19.1. The first-order valence-electron chi connectivity index (χ1n) is 8.17. The molecule has 0 spiro atoms. The van der Waals surface area contributed by atoms with E-state index < -0.39 is 10.0 Å². The van der Waals surface area contributed by atoms with E-state index in [0.29, 0.717) is 6.54 Å². The number of halogens is 1. The van der Waals surface area contributed by atoms with Crippen LogP contribution in [0, 0.1) is 0 Å². The molecule has 0 radical (unpaired) electrons. The fourth-order valence-corrected chi connectivity index (χ4v) is 3.87. The molecule has 0 atom stereocenters. The number of hydrogen-bond donors (Lipinski definition) is 2. The Bertz CT molecular complexity index is 684. The predicted octanol–water partition coefficient (Wildman–Crippen LogP) is 3.12. The average Bonchev–Trinajstić information content (AvgIpc) is 2.56. The standard InChI is InChI=1S/C17H23BrN2O3S/c18-15-6-8-16(9-7-15)24(22,23)20-13-11-17(21)19-12-10-14-4-2-1-3-5-14/h4,6-9,20H,1-3,5,10-13H2,(H,19,21). The van der Waals surface area contributed by atoms with Crippen molar-refractivity contribution >= 4 is 31.9 Å². The van der Waals surface area contributed by atoms with Crippen LogP contribution in [0.15, 0.2) is 45.3 Å². The maximum Gasteiger partial charge on any atom is 0.240 e. The number of carbonyl (C=O) groups is 1. The van der Waals surface area contributed by atoms with Crippen molar-refractivity contribution in [3.8, 4) is 0 Å². The highest BCUT2D eigenvalue weighted by molar-refractivity contribution is 9.10. The van der Waals surface area contributed by atoms with E-state index in [0.717, 1.165) is 23.7 Å². The number of benzene rings is 1. The van der Waals surface area contributed by atoms with Crippen molar-refractivity contribution in [2.24, 2.45) is 0 Å². The van der Waals surface area contributed by atoms with Crippen molar-refractivity contribution in [2.75, 3.05) is 13.1 Å². The van der Waals surface area contributed by atoms with Gasteiger partial charge in [-0.05, 0) is 56.4 Å². The van der Waals surface area contributed by atoms with E-state index in [1.54, 1.807) is 12.1 Å². The van der Waals surface area contributed by atoms with Gasteiger partial charge in [0.2, 0.25) is 15.9 Å². The summed E-state index contributed by atoms with van der Waals surface area (Å²) in [5, 5.41) is 2.84. The minimum Gasteiger partial charge on any atom is -0.356 e. The van der Waals surface area contributed by atoms with Crippen LogP contribution in [0.5, 0.6) is 0 Å². The summed E-state index contributed by atoms with van der Waals surface area (Å²) in [6.07, 6.45) is 8.04. The van der Waals surface area contributed by atoms with Crippen molar-refractivity contribution in [2.45, 2.75) is 43.4 Å². The summed E-state index contributed by atoms with van der Waals surface area (Å²) in [4.78, 5) is 12.0. The molecule has 2 N–H and O–H groups in total. The van der Waals surface area contributed by atoms with Gasteiger partial charge in [0.25, 0.3) is 0 Å². The number of hydrogen-bond acceptors (Lipinski definition) is 3. The number of carbonyl (C=O) groups excluding carboxylic acids is 1. The summed E-state index contributed by atoms with van der Waals surface area (Å²) < 4.78 is 27.4. The molecule has 1 amide bonds. The van der Waals surface area contributed by atoms with Crippen molar-refractivity contribution in [1.82, 2.24) is 10.0 Å². The van der Waals surface area contributed by atoms with Gasteiger partial charge in [0.15, 0.2) is 0 Å². The Morgan fingerprint density at radius 3 is 2.54 bits per heavy atom. The van der Waals surface area contributed by atoms with Crippen LogP contribution in [0.1, 0.15) is 38.5 Å². The molecular formula is C17H23BrN2O3S. The van der Waals surface area contributed by atoms with Gasteiger partial charge >= 0.3 is 0 Å². The highest BCUT2D eigenvalue weighted by Gasteiger charge is 2.14. The minimum atomic E-state index is -3.57. The van der Waals surface area contributed by atoms with Gasteiger partial charge in [-0.2, -0.15) is 0 Å². The molecular weight excluding hydrogens is 392 g/mol. The second-order valence-corrected chi connectivity index (χ2v) is 8.49. The SMILES string of the molecule is O=C(CCNS(=O)(=O)c1ccc(Br)cc1)NCCC1=CCCCC1. The maximum absolute atomic E-state index is 12.1. The van der Waals surface area contributed by atoms with E-state index in [9.17, 15) is 13.2 Å². The molecule has 132 valence electrons. The van der Waals surface area contributed by atoms with Crippen LogP contribution in [0.3, 0.4) is 0 Å². The Hall–Kier alpha value is -1.18. The Morgan fingerprint density at radius 1 is 1.12 bits per heavy atom. The quantitative estimate of drug-likeness (QED) is 0.641. The number of nitrogens with one attached hydrogen (secondary N) is 2. The van der Waals surface area contributed by atoms with E-state index in [1.807, 2.05) is 0 Å². The first-order chi connectivity index (χ1) is 11.5. The van der Waals surface area contributed by atoms with Crippen LogP contribution in [-0.4, -0.2) is 27.4 Å². The number of rotatable bonds is 8. The van der Waals surface area contributed by atoms with E-state index in [1.165, 1.54) is 30.5 Å². The van der Waals surface area contributed by atoms with Gasteiger partial charge in [-0.1, -0.05) is 27.6 Å². The van der Waals surface area contributed by atoms with Crippen molar-refractivity contribution in [3.63, 3.8) is 0 Å². The highest BCUT2D eigenvalue weighted by atomic mass is 79.9. The largest absolute Gasteiger partial charge is 0.356 e. The van der Waals surface area contributed by atoms with Crippen LogP contribution in [-0.2, 0) is 14.8 Å². The summed E-state index contributed by atoms with van der Waals surface area (Å²) in [5.74, 6) is -0.134. The van der Waals surface area contributed by atoms with Crippen LogP contribution >= 0.6 is 15.9 Å². The van der Waals surface area contributed by atoms with Gasteiger partial charge in [-0.3, -0.25) is 4.79 Å². The third-order valence-electron chi connectivity index (χ3n) is 3.92. The number of amides is 1. The fourth-order valence-electron chi connectivity index (χ4n) is 2.58. The molecule has 1 aliphatic carbocycles. The normalized spacial score (nSPS) is 15.0. The molecule has 0 fully saturated rings. The molecule has 1 aromatic rings. The molecule has 7 heteroatoms. The molecule has 5 nitrogen and oxygen atoms in total. The zero-order valence-corrected chi connectivity index (χ0v) is 16.0. The molecule has 0 aromatic heterocycles. The Balaban J connectivity index is 1.68. The summed E-state index contributed by atoms with van der Waals surface area (Å²) in [5.41, 5.74) is 1.41. The minimum absolute atomic E-state index is 0.0902. The molecule has 0 bridgehead atoms. The average molecular weight is 415 g/mol. The van der Waals surface area contributed by atoms with E-state index in [4.69, 9.17) is 0 Å². The van der Waals surface area contributed by atoms with Crippen molar-refractivity contribution in [3.05, 3.63) is 40.4 Å². The molecule has 0 saturated carbocycles. The number of sulfonamides is 1. The van der Waals surface area contributed by atoms with E-state index in [-0.39, 0.29) is 23.8 Å². The Morgan fingerprint density at radius 2 is 1.88 bits per heavy atom. The molecule has 1 aliphatic rings. The second kappa shape index (κ2) is 9.34. The summed E-state index contributed by atoms with van der Waals surface area (Å²) in [6.45, 7) is 0.705. The molecule has 24 heavy (non-hydrogen) atoms. The third kappa shape index (κ3) is 6.37. The van der Waals surface area contributed by atoms with Crippen LogP contribution < -0.4 is 10.0 Å². The summed E-state index contributed by atoms with van der Waals surface area (Å²) >= 11 is 3.26. The maximum atomic E-state index is 12.1. The molecule has 0 saturated heterocycles. The van der Waals surface area contributed by atoms with E-state index in [2.05, 4.69) is 32.0 Å². The zero-order chi connectivity index (χ0) is 17.4.